The molecule has 0 aliphatic carbocycles. The first-order valence-corrected chi connectivity index (χ1v) is 8.81. The molecule has 0 spiro atoms. The number of esters is 1. The van der Waals surface area contributed by atoms with Crippen molar-refractivity contribution < 1.29 is 17.9 Å². The molecule has 0 aromatic heterocycles. The van der Waals surface area contributed by atoms with Gasteiger partial charge in [0.25, 0.3) is 0 Å². The normalized spacial score (nSPS) is 12.4. The van der Waals surface area contributed by atoms with E-state index in [0.29, 0.717) is 0 Å². The van der Waals surface area contributed by atoms with E-state index in [1.807, 2.05) is 6.07 Å². The van der Waals surface area contributed by atoms with E-state index in [1.165, 1.54) is 19.2 Å². The summed E-state index contributed by atoms with van der Waals surface area (Å²) in [5.74, 6) is -0.560. The summed E-state index contributed by atoms with van der Waals surface area (Å²) in [6.07, 6.45) is 0.114. The highest BCUT2D eigenvalue weighted by Crippen LogP contribution is 2.23. The molecule has 2 aromatic carbocycles. The van der Waals surface area contributed by atoms with E-state index in [4.69, 9.17) is 0 Å². The first-order chi connectivity index (χ1) is 11.4. The molecule has 2 rings (SSSR count). The Morgan fingerprint density at radius 3 is 2.17 bits per heavy atom. The quantitative estimate of drug-likeness (QED) is 0.619. The number of carbonyl (C=O) groups excluding carboxylic acids is 1. The topological polar surface area (TPSA) is 72.5 Å². The van der Waals surface area contributed by atoms with Crippen molar-refractivity contribution in [2.75, 3.05) is 7.11 Å². The lowest BCUT2D eigenvalue weighted by atomic mass is 10.0. The van der Waals surface area contributed by atoms with Crippen LogP contribution in [-0.4, -0.2) is 21.5 Å². The van der Waals surface area contributed by atoms with Crippen LogP contribution in [0.2, 0.25) is 0 Å². The molecule has 0 amide bonds. The fraction of sp³-hybridized carbons (Fsp3) is 0.167. The molecule has 126 valence electrons. The Kier molecular flexibility index (Phi) is 5.89. The molecule has 5 nitrogen and oxygen atoms in total. The molecule has 2 aromatic rings. The maximum atomic E-state index is 12.6. The van der Waals surface area contributed by atoms with Gasteiger partial charge in [0.15, 0.2) is 0 Å². The number of rotatable bonds is 7. The molecule has 1 atom stereocenters. The second-order valence-corrected chi connectivity index (χ2v) is 6.91. The lowest BCUT2D eigenvalue weighted by Gasteiger charge is -2.20. The summed E-state index contributed by atoms with van der Waals surface area (Å²) in [5.41, 5.74) is 0.934. The number of sulfonamides is 1. The largest absolute Gasteiger partial charge is 0.466 e. The van der Waals surface area contributed by atoms with Gasteiger partial charge >= 0.3 is 5.97 Å². The Labute approximate surface area is 142 Å². The van der Waals surface area contributed by atoms with Crippen molar-refractivity contribution in [3.05, 3.63) is 78.4 Å². The van der Waals surface area contributed by atoms with Crippen molar-refractivity contribution in [1.82, 2.24) is 4.72 Å². The average Bonchev–Trinajstić information content (AvgIpc) is 2.61. The summed E-state index contributed by atoms with van der Waals surface area (Å²) in [6.45, 7) is 3.68. The highest BCUT2D eigenvalue weighted by atomic mass is 32.2. The molecule has 0 saturated heterocycles. The van der Waals surface area contributed by atoms with E-state index in [1.54, 1.807) is 42.5 Å². The van der Waals surface area contributed by atoms with Crippen molar-refractivity contribution in [3.63, 3.8) is 0 Å². The fourth-order valence-electron chi connectivity index (χ4n) is 2.24. The molecule has 0 saturated carbocycles. The van der Waals surface area contributed by atoms with Crippen molar-refractivity contribution in [1.29, 1.82) is 0 Å². The number of ether oxygens (including phenoxy) is 1. The zero-order valence-electron chi connectivity index (χ0n) is 13.3. The molecule has 1 N–H and O–H groups in total. The second-order valence-electron chi connectivity index (χ2n) is 5.20. The number of carbonyl (C=O) groups is 1. The van der Waals surface area contributed by atoms with Crippen LogP contribution in [0.4, 0.5) is 0 Å². The molecular weight excluding hydrogens is 326 g/mol. The van der Waals surface area contributed by atoms with Gasteiger partial charge < -0.3 is 4.74 Å². The molecule has 0 aliphatic rings. The van der Waals surface area contributed by atoms with E-state index < -0.39 is 22.0 Å². The highest BCUT2D eigenvalue weighted by molar-refractivity contribution is 7.89. The first kappa shape index (κ1) is 17.9. The number of nitrogens with one attached hydrogen (secondary N) is 1. The molecule has 24 heavy (non-hydrogen) atoms. The minimum absolute atomic E-state index is 0.114. The fourth-order valence-corrected chi connectivity index (χ4v) is 3.49. The van der Waals surface area contributed by atoms with Gasteiger partial charge in [-0.05, 0) is 24.1 Å². The summed E-state index contributed by atoms with van der Waals surface area (Å²) in [6, 6.07) is 16.5. The minimum Gasteiger partial charge on any atom is -0.466 e. The van der Waals surface area contributed by atoms with Gasteiger partial charge in [0.05, 0.1) is 18.0 Å². The molecule has 6 heteroatoms. The van der Waals surface area contributed by atoms with Crippen molar-refractivity contribution in [3.8, 4) is 0 Å². The van der Waals surface area contributed by atoms with E-state index in [9.17, 15) is 13.2 Å². The Bertz CT molecular complexity index is 801. The number of methoxy groups -OCH3 is 1. The van der Waals surface area contributed by atoms with Crippen LogP contribution in [0.3, 0.4) is 0 Å². The van der Waals surface area contributed by atoms with Crippen LogP contribution in [0, 0.1) is 0 Å². The van der Waals surface area contributed by atoms with Crippen molar-refractivity contribution in [2.24, 2.45) is 0 Å². The van der Waals surface area contributed by atoms with Gasteiger partial charge in [0.2, 0.25) is 10.0 Å². The van der Waals surface area contributed by atoms with E-state index in [2.05, 4.69) is 16.0 Å². The van der Waals surface area contributed by atoms with Crippen LogP contribution >= 0.6 is 0 Å². The van der Waals surface area contributed by atoms with Crippen LogP contribution < -0.4 is 4.72 Å². The maximum absolute atomic E-state index is 12.6. The van der Waals surface area contributed by atoms with Crippen LogP contribution in [0.15, 0.2) is 77.7 Å². The molecule has 0 aliphatic heterocycles. The Hall–Kier alpha value is -2.44. The van der Waals surface area contributed by atoms with E-state index >= 15 is 0 Å². The second kappa shape index (κ2) is 7.90. The third-order valence-electron chi connectivity index (χ3n) is 3.48. The summed E-state index contributed by atoms with van der Waals surface area (Å²) in [5, 5.41) is 0. The smallest absolute Gasteiger partial charge is 0.333 e. The Balaban J connectivity index is 2.30. The Morgan fingerprint density at radius 1 is 1.08 bits per heavy atom. The van der Waals surface area contributed by atoms with Gasteiger partial charge in [-0.3, -0.25) is 0 Å². The summed E-state index contributed by atoms with van der Waals surface area (Å²) in [4.78, 5) is 11.8. The van der Waals surface area contributed by atoms with Crippen LogP contribution in [-0.2, 0) is 19.6 Å². The number of hydrogen-bond acceptors (Lipinski definition) is 4. The van der Waals surface area contributed by atoms with E-state index in [0.717, 1.165) is 5.56 Å². The number of hydrogen-bond donors (Lipinski definition) is 1. The van der Waals surface area contributed by atoms with Crippen molar-refractivity contribution in [2.45, 2.75) is 17.4 Å². The van der Waals surface area contributed by atoms with Gasteiger partial charge in [-0.25, -0.2) is 17.9 Å². The van der Waals surface area contributed by atoms with Crippen LogP contribution in [0.5, 0.6) is 0 Å². The summed E-state index contributed by atoms with van der Waals surface area (Å²) >= 11 is 0. The van der Waals surface area contributed by atoms with E-state index in [-0.39, 0.29) is 16.9 Å². The maximum Gasteiger partial charge on any atom is 0.333 e. The predicted molar refractivity (Wildman–Crippen MR) is 91.7 cm³/mol. The highest BCUT2D eigenvalue weighted by Gasteiger charge is 2.23. The zero-order chi connectivity index (χ0) is 17.6. The van der Waals surface area contributed by atoms with Crippen molar-refractivity contribution >= 4 is 16.0 Å². The van der Waals surface area contributed by atoms with Gasteiger partial charge in [-0.1, -0.05) is 55.1 Å². The SMILES string of the molecule is C=C(CC(NS(=O)(=O)c1ccccc1)c1ccccc1)C(=O)OC. The average molecular weight is 345 g/mol. The molecular formula is C18H19NO4S. The third-order valence-corrected chi connectivity index (χ3v) is 4.97. The molecule has 0 radical (unpaired) electrons. The van der Waals surface area contributed by atoms with Crippen LogP contribution in [0.25, 0.3) is 0 Å². The summed E-state index contributed by atoms with van der Waals surface area (Å²) < 4.78 is 32.4. The monoisotopic (exact) mass is 345 g/mol. The standard InChI is InChI=1S/C18H19NO4S/c1-14(18(20)23-2)13-17(15-9-5-3-6-10-15)19-24(21,22)16-11-7-4-8-12-16/h3-12,17,19H,1,13H2,2H3. The summed E-state index contributed by atoms with van der Waals surface area (Å²) in [7, 11) is -2.47. The third kappa shape index (κ3) is 4.53. The number of benzene rings is 2. The van der Waals surface area contributed by atoms with Gasteiger partial charge in [0.1, 0.15) is 0 Å². The van der Waals surface area contributed by atoms with Gasteiger partial charge in [0, 0.05) is 5.57 Å². The molecule has 1 unspecified atom stereocenters. The molecule has 0 bridgehead atoms. The predicted octanol–water partition coefficient (Wildman–Crippen LogP) is 2.83. The lowest BCUT2D eigenvalue weighted by molar-refractivity contribution is -0.136. The van der Waals surface area contributed by atoms with Gasteiger partial charge in [-0.15, -0.1) is 0 Å². The lowest BCUT2D eigenvalue weighted by Crippen LogP contribution is -2.29. The minimum atomic E-state index is -3.73. The molecule has 0 heterocycles. The Morgan fingerprint density at radius 2 is 1.62 bits per heavy atom. The molecule has 0 fully saturated rings. The first-order valence-electron chi connectivity index (χ1n) is 7.32. The zero-order valence-corrected chi connectivity index (χ0v) is 14.1. The van der Waals surface area contributed by atoms with Crippen LogP contribution in [0.1, 0.15) is 18.0 Å². The van der Waals surface area contributed by atoms with Gasteiger partial charge in [-0.2, -0.15) is 0 Å².